The minimum absolute atomic E-state index is 0.113. The first-order valence-electron chi connectivity index (χ1n) is 9.75. The van der Waals surface area contributed by atoms with Crippen molar-refractivity contribution in [3.8, 4) is 6.07 Å². The van der Waals surface area contributed by atoms with Gasteiger partial charge in [-0.25, -0.2) is 0 Å². The lowest BCUT2D eigenvalue weighted by atomic mass is 10.0. The average Bonchev–Trinajstić information content (AvgIpc) is 2.71. The van der Waals surface area contributed by atoms with Gasteiger partial charge in [-0.05, 0) is 43.9 Å². The SMILES string of the molecule is CCc1ccc(C(C)NC(=O)/C(C#N)=C\N(Cc2ccccc2)C(C)C)cc1. The first-order valence-corrected chi connectivity index (χ1v) is 9.75. The standard InChI is InChI=1S/C24H29N3O/c1-5-20-11-13-22(14-12-20)19(4)26-24(28)23(15-25)17-27(18(2)3)16-21-9-7-6-8-10-21/h6-14,17-19H,5,16H2,1-4H3,(H,26,28)/b23-17-. The minimum Gasteiger partial charge on any atom is -0.369 e. The summed E-state index contributed by atoms with van der Waals surface area (Å²) in [6, 6.07) is 20.3. The van der Waals surface area contributed by atoms with Crippen molar-refractivity contribution in [2.24, 2.45) is 0 Å². The van der Waals surface area contributed by atoms with Crippen LogP contribution in [-0.4, -0.2) is 16.8 Å². The van der Waals surface area contributed by atoms with Gasteiger partial charge in [0.1, 0.15) is 11.6 Å². The van der Waals surface area contributed by atoms with Crippen molar-refractivity contribution >= 4 is 5.91 Å². The number of carbonyl (C=O) groups is 1. The molecule has 1 atom stereocenters. The van der Waals surface area contributed by atoms with Crippen molar-refractivity contribution in [1.29, 1.82) is 5.26 Å². The lowest BCUT2D eigenvalue weighted by molar-refractivity contribution is -0.117. The first-order chi connectivity index (χ1) is 13.4. The number of hydrogen-bond donors (Lipinski definition) is 1. The maximum Gasteiger partial charge on any atom is 0.263 e. The maximum atomic E-state index is 12.7. The smallest absolute Gasteiger partial charge is 0.263 e. The van der Waals surface area contributed by atoms with E-state index >= 15 is 0 Å². The van der Waals surface area contributed by atoms with Crippen molar-refractivity contribution in [2.75, 3.05) is 0 Å². The molecule has 0 saturated heterocycles. The van der Waals surface area contributed by atoms with E-state index in [2.05, 4.69) is 30.4 Å². The summed E-state index contributed by atoms with van der Waals surface area (Å²) >= 11 is 0. The summed E-state index contributed by atoms with van der Waals surface area (Å²) in [6.07, 6.45) is 2.65. The highest BCUT2D eigenvalue weighted by Crippen LogP contribution is 2.15. The van der Waals surface area contributed by atoms with Crippen LogP contribution in [0.4, 0.5) is 0 Å². The fourth-order valence-electron chi connectivity index (χ4n) is 2.88. The average molecular weight is 376 g/mol. The van der Waals surface area contributed by atoms with Crippen LogP contribution in [0.5, 0.6) is 0 Å². The summed E-state index contributed by atoms with van der Waals surface area (Å²) in [7, 11) is 0. The Hall–Kier alpha value is -3.06. The van der Waals surface area contributed by atoms with E-state index < -0.39 is 0 Å². The molecule has 0 fully saturated rings. The highest BCUT2D eigenvalue weighted by atomic mass is 16.1. The molecule has 146 valence electrons. The number of aryl methyl sites for hydroxylation is 1. The van der Waals surface area contributed by atoms with Gasteiger partial charge >= 0.3 is 0 Å². The van der Waals surface area contributed by atoms with Crippen LogP contribution in [0.1, 0.15) is 50.4 Å². The monoisotopic (exact) mass is 375 g/mol. The molecule has 4 heteroatoms. The third-order valence-electron chi connectivity index (χ3n) is 4.77. The highest BCUT2D eigenvalue weighted by molar-refractivity contribution is 5.97. The molecule has 2 rings (SSSR count). The van der Waals surface area contributed by atoms with Crippen LogP contribution in [0.25, 0.3) is 0 Å². The Morgan fingerprint density at radius 1 is 1.07 bits per heavy atom. The lowest BCUT2D eigenvalue weighted by Crippen LogP contribution is -2.31. The van der Waals surface area contributed by atoms with E-state index in [0.29, 0.717) is 6.54 Å². The van der Waals surface area contributed by atoms with Gasteiger partial charge in [-0.2, -0.15) is 5.26 Å². The summed E-state index contributed by atoms with van der Waals surface area (Å²) in [6.45, 7) is 8.78. The lowest BCUT2D eigenvalue weighted by Gasteiger charge is -2.25. The zero-order valence-corrected chi connectivity index (χ0v) is 17.1. The quantitative estimate of drug-likeness (QED) is 0.535. The zero-order valence-electron chi connectivity index (χ0n) is 17.1. The molecule has 2 aromatic carbocycles. The Kier molecular flexibility index (Phi) is 7.83. The molecule has 0 aliphatic rings. The molecule has 0 spiro atoms. The Bertz CT molecular complexity index is 832. The fraction of sp³-hybridized carbons (Fsp3) is 0.333. The molecule has 0 heterocycles. The van der Waals surface area contributed by atoms with E-state index in [-0.39, 0.29) is 23.6 Å². The third kappa shape index (κ3) is 5.99. The highest BCUT2D eigenvalue weighted by Gasteiger charge is 2.16. The number of nitrogens with one attached hydrogen (secondary N) is 1. The molecule has 0 saturated carbocycles. The van der Waals surface area contributed by atoms with E-state index in [9.17, 15) is 10.1 Å². The van der Waals surface area contributed by atoms with Crippen LogP contribution < -0.4 is 5.32 Å². The van der Waals surface area contributed by atoms with Gasteiger partial charge in [0.2, 0.25) is 0 Å². The number of nitriles is 1. The van der Waals surface area contributed by atoms with Gasteiger partial charge in [0.15, 0.2) is 0 Å². The number of hydrogen-bond acceptors (Lipinski definition) is 3. The van der Waals surface area contributed by atoms with Crippen LogP contribution in [0.15, 0.2) is 66.4 Å². The Balaban J connectivity index is 2.11. The number of rotatable bonds is 8. The molecule has 1 amide bonds. The summed E-state index contributed by atoms with van der Waals surface area (Å²) in [5.41, 5.74) is 3.53. The molecule has 1 N–H and O–H groups in total. The van der Waals surface area contributed by atoms with Gasteiger partial charge < -0.3 is 10.2 Å². The van der Waals surface area contributed by atoms with Crippen molar-refractivity contribution in [3.05, 3.63) is 83.1 Å². The molecule has 2 aromatic rings. The number of benzene rings is 2. The second-order valence-electron chi connectivity index (χ2n) is 7.20. The van der Waals surface area contributed by atoms with Crippen LogP contribution in [-0.2, 0) is 17.8 Å². The first kappa shape index (κ1) is 21.2. The van der Waals surface area contributed by atoms with Crippen LogP contribution in [0.2, 0.25) is 0 Å². The Labute approximate surface area is 168 Å². The van der Waals surface area contributed by atoms with Gasteiger partial charge in [0.25, 0.3) is 5.91 Å². The molecule has 0 aromatic heterocycles. The molecule has 4 nitrogen and oxygen atoms in total. The number of carbonyl (C=O) groups excluding carboxylic acids is 1. The van der Waals surface area contributed by atoms with Crippen LogP contribution in [0.3, 0.4) is 0 Å². The molecule has 0 radical (unpaired) electrons. The minimum atomic E-state index is -0.353. The molecular weight excluding hydrogens is 346 g/mol. The normalized spacial score (nSPS) is 12.4. The molecule has 28 heavy (non-hydrogen) atoms. The van der Waals surface area contributed by atoms with Gasteiger partial charge in [0, 0.05) is 18.8 Å². The largest absolute Gasteiger partial charge is 0.369 e. The predicted octanol–water partition coefficient (Wildman–Crippen LogP) is 4.74. The van der Waals surface area contributed by atoms with Crippen molar-refractivity contribution in [1.82, 2.24) is 10.2 Å². The van der Waals surface area contributed by atoms with Crippen molar-refractivity contribution in [3.63, 3.8) is 0 Å². The third-order valence-corrected chi connectivity index (χ3v) is 4.77. The second-order valence-corrected chi connectivity index (χ2v) is 7.20. The van der Waals surface area contributed by atoms with E-state index in [4.69, 9.17) is 0 Å². The Morgan fingerprint density at radius 3 is 2.25 bits per heavy atom. The summed E-state index contributed by atoms with van der Waals surface area (Å²) in [5.74, 6) is -0.353. The van der Waals surface area contributed by atoms with Gasteiger partial charge in [-0.1, -0.05) is 61.5 Å². The Morgan fingerprint density at radius 2 is 1.71 bits per heavy atom. The number of nitrogens with zero attached hydrogens (tertiary/aromatic N) is 2. The van der Waals surface area contributed by atoms with Crippen LogP contribution >= 0.6 is 0 Å². The topological polar surface area (TPSA) is 56.1 Å². The van der Waals surface area contributed by atoms with Crippen molar-refractivity contribution in [2.45, 2.75) is 52.7 Å². The van der Waals surface area contributed by atoms with Gasteiger partial charge in [0.05, 0.1) is 6.04 Å². The summed E-state index contributed by atoms with van der Waals surface area (Å²) in [4.78, 5) is 14.7. The fourth-order valence-corrected chi connectivity index (χ4v) is 2.88. The molecule has 0 aliphatic heterocycles. The number of amides is 1. The summed E-state index contributed by atoms with van der Waals surface area (Å²) < 4.78 is 0. The van der Waals surface area contributed by atoms with E-state index in [0.717, 1.165) is 17.5 Å². The molecule has 0 aliphatic carbocycles. The van der Waals surface area contributed by atoms with Gasteiger partial charge in [-0.15, -0.1) is 0 Å². The van der Waals surface area contributed by atoms with E-state index in [1.54, 1.807) is 6.20 Å². The zero-order chi connectivity index (χ0) is 20.5. The summed E-state index contributed by atoms with van der Waals surface area (Å²) in [5, 5.41) is 12.5. The van der Waals surface area contributed by atoms with Crippen molar-refractivity contribution < 1.29 is 4.79 Å². The second kappa shape index (κ2) is 10.3. The van der Waals surface area contributed by atoms with E-state index in [1.165, 1.54) is 5.56 Å². The molecule has 1 unspecified atom stereocenters. The molecular formula is C24H29N3O. The molecule has 0 bridgehead atoms. The maximum absolute atomic E-state index is 12.7. The predicted molar refractivity (Wildman–Crippen MR) is 113 cm³/mol. The van der Waals surface area contributed by atoms with Crippen LogP contribution in [0, 0.1) is 11.3 Å². The van der Waals surface area contributed by atoms with Gasteiger partial charge in [-0.3, -0.25) is 4.79 Å². The van der Waals surface area contributed by atoms with E-state index in [1.807, 2.05) is 68.1 Å².